The minimum atomic E-state index is 0.945. The Hall–Kier alpha value is -0.0400. The molecule has 1 heterocycles. The van der Waals surface area contributed by atoms with E-state index in [9.17, 15) is 0 Å². The molecule has 2 fully saturated rings. The molecule has 0 aromatic rings. The molecule has 0 unspecified atom stereocenters. The van der Waals surface area contributed by atoms with Gasteiger partial charge >= 0.3 is 0 Å². The maximum Gasteiger partial charge on any atom is 0.00952 e. The average Bonchev–Trinajstić information content (AvgIpc) is 2.79. The van der Waals surface area contributed by atoms with Crippen LogP contribution in [0.3, 0.4) is 0 Å². The molecular formula is C15H29N. The molecule has 0 aromatic carbocycles. The molecule has 94 valence electrons. The summed E-state index contributed by atoms with van der Waals surface area (Å²) in [6, 6.07) is 0.945. The molecule has 1 nitrogen and oxygen atoms in total. The third kappa shape index (κ3) is 4.08. The van der Waals surface area contributed by atoms with Crippen molar-refractivity contribution in [3.05, 3.63) is 0 Å². The highest BCUT2D eigenvalue weighted by atomic mass is 15.2. The first kappa shape index (κ1) is 12.4. The lowest BCUT2D eigenvalue weighted by molar-refractivity contribution is 0.210. The van der Waals surface area contributed by atoms with Crippen LogP contribution < -0.4 is 0 Å². The van der Waals surface area contributed by atoms with Gasteiger partial charge in [0.2, 0.25) is 0 Å². The van der Waals surface area contributed by atoms with E-state index in [0.717, 1.165) is 6.04 Å². The first-order chi connectivity index (χ1) is 7.97. The lowest BCUT2D eigenvalue weighted by Crippen LogP contribution is -2.32. The van der Waals surface area contributed by atoms with Crippen molar-refractivity contribution in [3.8, 4) is 0 Å². The molecule has 0 amide bonds. The van der Waals surface area contributed by atoms with E-state index in [1.54, 1.807) is 0 Å². The SMILES string of the molecule is C1CCCCCC(N2CCCC2)CCCC1. The van der Waals surface area contributed by atoms with Crippen LogP contribution in [0.15, 0.2) is 0 Å². The van der Waals surface area contributed by atoms with Crippen LogP contribution in [-0.4, -0.2) is 24.0 Å². The highest BCUT2D eigenvalue weighted by molar-refractivity contribution is 4.76. The molecule has 1 aliphatic heterocycles. The van der Waals surface area contributed by atoms with Crippen LogP contribution >= 0.6 is 0 Å². The van der Waals surface area contributed by atoms with Gasteiger partial charge in [-0.3, -0.25) is 0 Å². The molecule has 0 radical (unpaired) electrons. The smallest absolute Gasteiger partial charge is 0.00952 e. The molecule has 1 heteroatoms. The Morgan fingerprint density at radius 2 is 0.938 bits per heavy atom. The third-order valence-corrected chi connectivity index (χ3v) is 4.48. The second-order valence-corrected chi connectivity index (χ2v) is 5.80. The van der Waals surface area contributed by atoms with Crippen LogP contribution in [0.2, 0.25) is 0 Å². The Bertz CT molecular complexity index is 160. The molecule has 1 saturated heterocycles. The van der Waals surface area contributed by atoms with Crippen molar-refractivity contribution in [1.82, 2.24) is 4.90 Å². The summed E-state index contributed by atoms with van der Waals surface area (Å²) in [4.78, 5) is 2.79. The molecule has 0 aromatic heterocycles. The molecule has 0 spiro atoms. The number of nitrogens with zero attached hydrogens (tertiary/aromatic N) is 1. The first-order valence-electron chi connectivity index (χ1n) is 7.71. The maximum atomic E-state index is 2.79. The molecule has 2 aliphatic rings. The summed E-state index contributed by atoms with van der Waals surface area (Å²) in [6.07, 6.45) is 17.8. The zero-order valence-electron chi connectivity index (χ0n) is 10.9. The summed E-state index contributed by atoms with van der Waals surface area (Å²) in [7, 11) is 0. The van der Waals surface area contributed by atoms with E-state index in [0.29, 0.717) is 0 Å². The van der Waals surface area contributed by atoms with Gasteiger partial charge in [0, 0.05) is 6.04 Å². The van der Waals surface area contributed by atoms with E-state index in [2.05, 4.69) is 4.90 Å². The normalized spacial score (nSPS) is 27.8. The summed E-state index contributed by atoms with van der Waals surface area (Å²) < 4.78 is 0. The van der Waals surface area contributed by atoms with E-state index in [4.69, 9.17) is 0 Å². The van der Waals surface area contributed by atoms with Crippen LogP contribution in [0, 0.1) is 0 Å². The molecule has 1 saturated carbocycles. The largest absolute Gasteiger partial charge is 0.300 e. The fraction of sp³-hybridized carbons (Fsp3) is 1.00. The molecule has 2 rings (SSSR count). The topological polar surface area (TPSA) is 3.24 Å². The molecule has 16 heavy (non-hydrogen) atoms. The van der Waals surface area contributed by atoms with Gasteiger partial charge in [-0.2, -0.15) is 0 Å². The summed E-state index contributed by atoms with van der Waals surface area (Å²) in [5.41, 5.74) is 0. The van der Waals surface area contributed by atoms with E-state index in [1.165, 1.54) is 90.1 Å². The highest BCUT2D eigenvalue weighted by Crippen LogP contribution is 2.23. The number of likely N-dealkylation sites (tertiary alicyclic amines) is 1. The van der Waals surface area contributed by atoms with Crippen molar-refractivity contribution < 1.29 is 0 Å². The summed E-state index contributed by atoms with van der Waals surface area (Å²) in [6.45, 7) is 2.79. The fourth-order valence-corrected chi connectivity index (χ4v) is 3.44. The fourth-order valence-electron chi connectivity index (χ4n) is 3.44. The molecule has 1 aliphatic carbocycles. The van der Waals surface area contributed by atoms with Gasteiger partial charge in [-0.25, -0.2) is 0 Å². The monoisotopic (exact) mass is 223 g/mol. The standard InChI is InChI=1S/C15H29N/c1-2-4-6-8-12-15(11-7-5-3-1)16-13-9-10-14-16/h15H,1-14H2. The van der Waals surface area contributed by atoms with Crippen LogP contribution in [0.4, 0.5) is 0 Å². The van der Waals surface area contributed by atoms with Crippen LogP contribution in [-0.2, 0) is 0 Å². The molecular weight excluding hydrogens is 194 g/mol. The van der Waals surface area contributed by atoms with Gasteiger partial charge in [0.05, 0.1) is 0 Å². The van der Waals surface area contributed by atoms with E-state index < -0.39 is 0 Å². The Kier molecular flexibility index (Phi) is 5.68. The molecule has 0 N–H and O–H groups in total. The Morgan fingerprint density at radius 1 is 0.500 bits per heavy atom. The quantitative estimate of drug-likeness (QED) is 0.638. The minimum Gasteiger partial charge on any atom is -0.300 e. The van der Waals surface area contributed by atoms with Gasteiger partial charge in [0.15, 0.2) is 0 Å². The Morgan fingerprint density at radius 3 is 1.44 bits per heavy atom. The minimum absolute atomic E-state index is 0.945. The van der Waals surface area contributed by atoms with Crippen molar-refractivity contribution in [2.24, 2.45) is 0 Å². The Labute approximate surface area is 102 Å². The highest BCUT2D eigenvalue weighted by Gasteiger charge is 2.21. The van der Waals surface area contributed by atoms with Gasteiger partial charge in [-0.1, -0.05) is 51.4 Å². The van der Waals surface area contributed by atoms with Crippen LogP contribution in [0.1, 0.15) is 77.0 Å². The van der Waals surface area contributed by atoms with Crippen LogP contribution in [0.5, 0.6) is 0 Å². The average molecular weight is 223 g/mol. The van der Waals surface area contributed by atoms with E-state index >= 15 is 0 Å². The second kappa shape index (κ2) is 7.32. The number of rotatable bonds is 1. The van der Waals surface area contributed by atoms with Gasteiger partial charge in [0.1, 0.15) is 0 Å². The van der Waals surface area contributed by atoms with E-state index in [1.807, 2.05) is 0 Å². The third-order valence-electron chi connectivity index (χ3n) is 4.48. The molecule has 0 bridgehead atoms. The lowest BCUT2D eigenvalue weighted by Gasteiger charge is -2.27. The van der Waals surface area contributed by atoms with E-state index in [-0.39, 0.29) is 0 Å². The van der Waals surface area contributed by atoms with Crippen LogP contribution in [0.25, 0.3) is 0 Å². The Balaban J connectivity index is 1.77. The summed E-state index contributed by atoms with van der Waals surface area (Å²) in [5, 5.41) is 0. The van der Waals surface area contributed by atoms with Crippen molar-refractivity contribution in [3.63, 3.8) is 0 Å². The van der Waals surface area contributed by atoms with Gasteiger partial charge < -0.3 is 4.90 Å². The van der Waals surface area contributed by atoms with Gasteiger partial charge in [-0.05, 0) is 38.8 Å². The first-order valence-corrected chi connectivity index (χ1v) is 7.71. The second-order valence-electron chi connectivity index (χ2n) is 5.80. The number of hydrogen-bond acceptors (Lipinski definition) is 1. The summed E-state index contributed by atoms with van der Waals surface area (Å²) in [5.74, 6) is 0. The predicted molar refractivity (Wildman–Crippen MR) is 70.8 cm³/mol. The zero-order valence-corrected chi connectivity index (χ0v) is 10.9. The zero-order chi connectivity index (χ0) is 11.1. The maximum absolute atomic E-state index is 2.79. The van der Waals surface area contributed by atoms with Crippen molar-refractivity contribution in [2.45, 2.75) is 83.1 Å². The predicted octanol–water partition coefficient (Wildman–Crippen LogP) is 4.37. The molecule has 0 atom stereocenters. The van der Waals surface area contributed by atoms with Gasteiger partial charge in [-0.15, -0.1) is 0 Å². The lowest BCUT2D eigenvalue weighted by atomic mass is 10.0. The summed E-state index contributed by atoms with van der Waals surface area (Å²) >= 11 is 0. The van der Waals surface area contributed by atoms with Crippen molar-refractivity contribution in [1.29, 1.82) is 0 Å². The number of hydrogen-bond donors (Lipinski definition) is 0. The van der Waals surface area contributed by atoms with Gasteiger partial charge in [0.25, 0.3) is 0 Å². The van der Waals surface area contributed by atoms with Crippen molar-refractivity contribution >= 4 is 0 Å². The van der Waals surface area contributed by atoms with Crippen molar-refractivity contribution in [2.75, 3.05) is 13.1 Å².